The van der Waals surface area contributed by atoms with E-state index in [1.807, 2.05) is 0 Å². The fraction of sp³-hybridized carbons (Fsp3) is 0.644. The van der Waals surface area contributed by atoms with Crippen molar-refractivity contribution in [3.05, 3.63) is 30.0 Å². The minimum absolute atomic E-state index is 0.0751. The maximum atomic E-state index is 14.2. The molecule has 9 amide bonds. The number of hydrogen-bond acceptors (Lipinski definition) is 17. The van der Waals surface area contributed by atoms with Gasteiger partial charge in [0.25, 0.3) is 17.7 Å². The van der Waals surface area contributed by atoms with Gasteiger partial charge in [-0.3, -0.25) is 48.6 Å². The van der Waals surface area contributed by atoms with E-state index < -0.39 is 109 Å². The van der Waals surface area contributed by atoms with Crippen molar-refractivity contribution in [2.24, 2.45) is 51.0 Å². The first kappa shape index (κ1) is 61.4. The Labute approximate surface area is 428 Å². The lowest BCUT2D eigenvalue weighted by Crippen LogP contribution is -2.61. The molecule has 1 saturated heterocycles. The highest BCUT2D eigenvalue weighted by atomic mass is 16.3. The number of carbonyl (C=O) groups is 9. The van der Waals surface area contributed by atoms with Crippen molar-refractivity contribution in [2.75, 3.05) is 45.8 Å². The SMILES string of the molecule is N=C(N)NCC/C=C(\NC(=O)[C@H](CCCCN)NC(=O)[C@H](Cc1cnc[nH]1)NC(=O)[C@@H]1CCCN1C(=O)/C(CCCN)=N/C(=O)CNC(=O)C(NC(=O)[C@@H](NC(=O)[C@@H](N)CCCCN)[C@@H](O)CN)C1CC1)C(N)=O. The second kappa shape index (κ2) is 32.3. The highest BCUT2D eigenvalue weighted by Crippen LogP contribution is 2.33. The number of primary amides is 1. The molecule has 2 heterocycles. The number of hydrogen-bond donors (Lipinski definition) is 17. The molecule has 29 heteroatoms. The first-order valence-electron chi connectivity index (χ1n) is 24.9. The number of aliphatic imine (C=N–C) groups is 1. The van der Waals surface area contributed by atoms with E-state index in [1.54, 1.807) is 0 Å². The summed E-state index contributed by atoms with van der Waals surface area (Å²) in [5, 5.41) is 35.7. The van der Waals surface area contributed by atoms with E-state index in [0.29, 0.717) is 63.7 Å². The van der Waals surface area contributed by atoms with Crippen molar-refractivity contribution in [3.8, 4) is 0 Å². The molecule has 0 bridgehead atoms. The molecule has 412 valence electrons. The minimum Gasteiger partial charge on any atom is -0.389 e. The highest BCUT2D eigenvalue weighted by molar-refractivity contribution is 6.40. The molecule has 0 spiro atoms. The molecule has 29 nitrogen and oxygen atoms in total. The summed E-state index contributed by atoms with van der Waals surface area (Å²) in [5.41, 5.74) is 39.3. The molecule has 24 N–H and O–H groups in total. The van der Waals surface area contributed by atoms with E-state index >= 15 is 0 Å². The number of guanidine groups is 1. The molecule has 7 atom stereocenters. The van der Waals surface area contributed by atoms with E-state index in [-0.39, 0.29) is 87.9 Å². The van der Waals surface area contributed by atoms with E-state index in [2.05, 4.69) is 52.2 Å². The Hall–Kier alpha value is -6.92. The van der Waals surface area contributed by atoms with Gasteiger partial charge in [0.15, 0.2) is 5.96 Å². The second-order valence-electron chi connectivity index (χ2n) is 18.0. The van der Waals surface area contributed by atoms with E-state index in [9.17, 15) is 48.3 Å². The number of nitrogens with zero attached hydrogens (tertiary/aromatic N) is 3. The van der Waals surface area contributed by atoms with Crippen LogP contribution >= 0.6 is 0 Å². The molecule has 1 unspecified atom stereocenters. The van der Waals surface area contributed by atoms with Gasteiger partial charge in [0.05, 0.1) is 25.0 Å². The summed E-state index contributed by atoms with van der Waals surface area (Å²) in [6.45, 7) is -0.0619. The molecule has 1 aromatic rings. The van der Waals surface area contributed by atoms with Crippen LogP contribution in [-0.4, -0.2) is 173 Å². The highest BCUT2D eigenvalue weighted by Gasteiger charge is 2.41. The van der Waals surface area contributed by atoms with Gasteiger partial charge < -0.3 is 92.3 Å². The third-order valence-corrected chi connectivity index (χ3v) is 12.1. The number of aliphatic hydroxyl groups is 1. The Bertz CT molecular complexity index is 2140. The third-order valence-electron chi connectivity index (χ3n) is 12.1. The van der Waals surface area contributed by atoms with Gasteiger partial charge in [0.1, 0.15) is 41.6 Å². The summed E-state index contributed by atoms with van der Waals surface area (Å²) in [6, 6.07) is -7.43. The van der Waals surface area contributed by atoms with Gasteiger partial charge in [-0.1, -0.05) is 12.5 Å². The predicted octanol–water partition coefficient (Wildman–Crippen LogP) is -6.62. The second-order valence-corrected chi connectivity index (χ2v) is 18.0. The lowest BCUT2D eigenvalue weighted by Gasteiger charge is -2.27. The number of carbonyl (C=O) groups excluding carboxylic acids is 9. The number of nitrogens with two attached hydrogens (primary N) is 7. The fourth-order valence-corrected chi connectivity index (χ4v) is 7.82. The van der Waals surface area contributed by atoms with Gasteiger partial charge in [0.2, 0.25) is 35.4 Å². The zero-order valence-electron chi connectivity index (χ0n) is 41.7. The molecule has 2 aliphatic rings. The van der Waals surface area contributed by atoms with Crippen molar-refractivity contribution < 1.29 is 48.3 Å². The molecule has 1 aliphatic carbocycles. The molecular formula is C45H77N19O10. The maximum absolute atomic E-state index is 14.2. The summed E-state index contributed by atoms with van der Waals surface area (Å²) in [5.74, 6) is -7.95. The Morgan fingerprint density at radius 2 is 1.51 bits per heavy atom. The van der Waals surface area contributed by atoms with Crippen LogP contribution in [0.5, 0.6) is 0 Å². The average molecular weight is 1040 g/mol. The summed E-state index contributed by atoms with van der Waals surface area (Å²) < 4.78 is 0. The number of imidazole rings is 1. The largest absolute Gasteiger partial charge is 0.389 e. The van der Waals surface area contributed by atoms with Gasteiger partial charge in [0, 0.05) is 37.9 Å². The molecule has 1 aromatic heterocycles. The van der Waals surface area contributed by atoms with E-state index in [4.69, 9.17) is 45.5 Å². The van der Waals surface area contributed by atoms with Crippen LogP contribution in [0.2, 0.25) is 0 Å². The van der Waals surface area contributed by atoms with Crippen LogP contribution in [0.25, 0.3) is 0 Å². The minimum atomic E-state index is -1.55. The van der Waals surface area contributed by atoms with Crippen molar-refractivity contribution in [3.63, 3.8) is 0 Å². The molecule has 2 fully saturated rings. The summed E-state index contributed by atoms with van der Waals surface area (Å²) in [6.07, 6.45) is 6.85. The van der Waals surface area contributed by atoms with E-state index in [0.717, 1.165) is 0 Å². The van der Waals surface area contributed by atoms with Gasteiger partial charge in [-0.2, -0.15) is 0 Å². The topological polar surface area (TPSA) is 508 Å². The molecular weight excluding hydrogens is 967 g/mol. The Morgan fingerprint density at radius 3 is 2.12 bits per heavy atom. The smallest absolute Gasteiger partial charge is 0.269 e. The lowest BCUT2D eigenvalue weighted by atomic mass is 10.1. The molecule has 1 aliphatic heterocycles. The van der Waals surface area contributed by atoms with Crippen molar-refractivity contribution in [2.45, 2.75) is 132 Å². The van der Waals surface area contributed by atoms with Crippen LogP contribution in [0.15, 0.2) is 29.3 Å². The molecule has 3 rings (SSSR count). The number of H-pyrrole nitrogens is 1. The quantitative estimate of drug-likeness (QED) is 0.0132. The number of unbranched alkanes of at least 4 members (excludes halogenated alkanes) is 2. The van der Waals surface area contributed by atoms with Crippen LogP contribution in [0.1, 0.15) is 89.2 Å². The van der Waals surface area contributed by atoms with Gasteiger partial charge >= 0.3 is 0 Å². The average Bonchev–Trinajstić information content (AvgIpc) is 3.84. The van der Waals surface area contributed by atoms with Crippen LogP contribution in [0.4, 0.5) is 0 Å². The van der Waals surface area contributed by atoms with Gasteiger partial charge in [-0.05, 0) is 103 Å². The monoisotopic (exact) mass is 1040 g/mol. The molecule has 1 saturated carbocycles. The van der Waals surface area contributed by atoms with Gasteiger partial charge in [-0.15, -0.1) is 0 Å². The number of aromatic nitrogens is 2. The van der Waals surface area contributed by atoms with E-state index in [1.165, 1.54) is 23.5 Å². The normalized spacial score (nSPS) is 17.1. The van der Waals surface area contributed by atoms with Crippen molar-refractivity contribution >= 4 is 64.8 Å². The zero-order valence-corrected chi connectivity index (χ0v) is 41.7. The number of nitrogens with one attached hydrogen (secondary N) is 9. The lowest BCUT2D eigenvalue weighted by molar-refractivity contribution is -0.136. The zero-order chi connectivity index (χ0) is 54.7. The number of amides is 9. The Morgan fingerprint density at radius 1 is 0.824 bits per heavy atom. The maximum Gasteiger partial charge on any atom is 0.269 e. The Balaban J connectivity index is 1.76. The van der Waals surface area contributed by atoms with Crippen LogP contribution in [0, 0.1) is 11.3 Å². The first-order chi connectivity index (χ1) is 35.3. The standard InChI is InChI=1S/C45H77N19O10/c46-15-3-1-8-27(50)38(68)63-36(33(65)21-49)43(73)62-35(25-13-14-25)42(72)56-23-34(66)58-30(10-5-17-48)44(74)64-19-7-12-32(64)41(71)61-31(20-26-22-54-24-57-26)40(70)60-29(9-2-4-16-47)39(69)59-28(37(51)67)11-6-18-55-45(52)53/h11,22,24-25,27,29,31-33,35-36,65H,1-10,12-21,23,46-50H2,(H2,51,67)(H,54,57)(H,56,72)(H,59,69)(H,60,70)(H,61,71)(H,62,73)(H,63,68)(H4,52,53,55)/b28-11-,58-30+/t27-,29-,31-,32-,33-,35?,36-/m0/s1. The molecule has 74 heavy (non-hydrogen) atoms. The number of aliphatic hydroxyl groups excluding tert-OH is 1. The molecule has 0 aromatic carbocycles. The third kappa shape index (κ3) is 20.9. The van der Waals surface area contributed by atoms with Crippen molar-refractivity contribution in [1.82, 2.24) is 52.1 Å². The first-order valence-corrected chi connectivity index (χ1v) is 24.9. The molecule has 0 radical (unpaired) electrons. The number of likely N-dealkylation sites (tertiary alicyclic amines) is 1. The van der Waals surface area contributed by atoms with Crippen LogP contribution in [-0.2, 0) is 49.6 Å². The van der Waals surface area contributed by atoms with Crippen LogP contribution in [0.3, 0.4) is 0 Å². The van der Waals surface area contributed by atoms with Gasteiger partial charge in [-0.25, -0.2) is 9.98 Å². The fourth-order valence-electron chi connectivity index (χ4n) is 7.82. The number of aromatic amines is 1. The van der Waals surface area contributed by atoms with Crippen LogP contribution < -0.4 is 77.4 Å². The Kier molecular flexibility index (Phi) is 26.8. The number of rotatable bonds is 34. The summed E-state index contributed by atoms with van der Waals surface area (Å²) in [7, 11) is 0. The summed E-state index contributed by atoms with van der Waals surface area (Å²) in [4.78, 5) is 133. The van der Waals surface area contributed by atoms with Crippen molar-refractivity contribution in [1.29, 1.82) is 5.41 Å². The predicted molar refractivity (Wildman–Crippen MR) is 270 cm³/mol. The summed E-state index contributed by atoms with van der Waals surface area (Å²) >= 11 is 0.